The highest BCUT2D eigenvalue weighted by Crippen LogP contribution is 2.25. The second-order valence-electron chi connectivity index (χ2n) is 6.67. The van der Waals surface area contributed by atoms with E-state index >= 15 is 0 Å². The van der Waals surface area contributed by atoms with Crippen LogP contribution in [0.1, 0.15) is 61.7 Å². The van der Waals surface area contributed by atoms with Crippen molar-refractivity contribution in [3.8, 4) is 11.5 Å². The maximum atomic E-state index is 9.87. The van der Waals surface area contributed by atoms with E-state index in [4.69, 9.17) is 9.15 Å². The van der Waals surface area contributed by atoms with Gasteiger partial charge in [0.25, 0.3) is 0 Å². The zero-order valence-corrected chi connectivity index (χ0v) is 16.9. The smallest absolute Gasteiger partial charge is 0.199 e. The molecule has 2 aromatic carbocycles. The number of hydrogen-bond acceptors (Lipinski definition) is 4. The van der Waals surface area contributed by atoms with Crippen LogP contribution in [-0.2, 0) is 13.0 Å². The minimum Gasteiger partial charge on any atom is -0.507 e. The highest BCUT2D eigenvalue weighted by atomic mass is 16.5. The molecule has 28 heavy (non-hydrogen) atoms. The molecule has 0 spiro atoms. The van der Waals surface area contributed by atoms with Crippen LogP contribution in [0.3, 0.4) is 0 Å². The maximum absolute atomic E-state index is 9.87. The fraction of sp³-hybridized carbons (Fsp3) is 0.375. The van der Waals surface area contributed by atoms with Gasteiger partial charge in [-0.15, -0.1) is 0 Å². The van der Waals surface area contributed by atoms with Crippen LogP contribution in [0.2, 0.25) is 0 Å². The first-order chi connectivity index (χ1) is 12.9. The van der Waals surface area contributed by atoms with Crippen molar-refractivity contribution >= 4 is 0 Å². The Morgan fingerprint density at radius 3 is 2.14 bits per heavy atom. The summed E-state index contributed by atoms with van der Waals surface area (Å²) in [6.45, 7) is 10.3. The van der Waals surface area contributed by atoms with Crippen molar-refractivity contribution < 1.29 is 14.3 Å². The molecule has 3 rings (SSSR count). The van der Waals surface area contributed by atoms with Gasteiger partial charge in [-0.25, -0.2) is 4.98 Å². The van der Waals surface area contributed by atoms with Crippen LogP contribution in [0.15, 0.2) is 46.9 Å². The number of nitrogens with zero attached hydrogens (tertiary/aromatic N) is 1. The number of hydrogen-bond donors (Lipinski definition) is 1. The van der Waals surface area contributed by atoms with E-state index in [1.54, 1.807) is 0 Å². The van der Waals surface area contributed by atoms with Gasteiger partial charge in [-0.1, -0.05) is 58.0 Å². The number of phenolic OH excluding ortho intramolecular Hbond substituents is 1. The molecule has 0 amide bonds. The predicted molar refractivity (Wildman–Crippen MR) is 115 cm³/mol. The van der Waals surface area contributed by atoms with Crippen molar-refractivity contribution in [3.63, 3.8) is 0 Å². The third-order valence-electron chi connectivity index (χ3n) is 3.96. The average Bonchev–Trinajstić information content (AvgIpc) is 2.98. The van der Waals surface area contributed by atoms with Crippen LogP contribution in [0.4, 0.5) is 0 Å². The largest absolute Gasteiger partial charge is 0.507 e. The lowest BCUT2D eigenvalue weighted by atomic mass is 10.0. The number of aryl methyl sites for hydroxylation is 3. The van der Waals surface area contributed by atoms with E-state index in [1.807, 2.05) is 63.2 Å². The lowest BCUT2D eigenvalue weighted by molar-refractivity contribution is 0.299. The molecule has 0 fully saturated rings. The molecule has 0 aliphatic carbocycles. The summed E-state index contributed by atoms with van der Waals surface area (Å²) in [5, 5.41) is 9.87. The molecular weight excluding hydrogens is 350 g/mol. The molecule has 0 unspecified atom stereocenters. The Morgan fingerprint density at radius 2 is 1.57 bits per heavy atom. The van der Waals surface area contributed by atoms with Crippen LogP contribution in [0.25, 0.3) is 0 Å². The quantitative estimate of drug-likeness (QED) is 0.544. The van der Waals surface area contributed by atoms with E-state index in [0.717, 1.165) is 33.9 Å². The first kappa shape index (κ1) is 23.3. The molecule has 0 bridgehead atoms. The van der Waals surface area contributed by atoms with Crippen molar-refractivity contribution in [1.82, 2.24) is 4.98 Å². The second kappa shape index (κ2) is 11.2. The van der Waals surface area contributed by atoms with Gasteiger partial charge < -0.3 is 14.3 Å². The monoisotopic (exact) mass is 383 g/mol. The van der Waals surface area contributed by atoms with Crippen molar-refractivity contribution in [2.24, 2.45) is 0 Å². The molecule has 1 N–H and O–H groups in total. The summed E-state index contributed by atoms with van der Waals surface area (Å²) < 4.78 is 11.5. The fourth-order valence-electron chi connectivity index (χ4n) is 2.69. The number of rotatable bonds is 5. The number of oxazole rings is 1. The van der Waals surface area contributed by atoms with Gasteiger partial charge in [0.1, 0.15) is 29.6 Å². The van der Waals surface area contributed by atoms with Crippen LogP contribution in [0, 0.1) is 20.8 Å². The van der Waals surface area contributed by atoms with E-state index in [1.165, 1.54) is 6.42 Å². The summed E-state index contributed by atoms with van der Waals surface area (Å²) >= 11 is 0. The predicted octanol–water partition coefficient (Wildman–Crippen LogP) is 6.53. The molecule has 0 aliphatic rings. The molecule has 1 aromatic heterocycles. The van der Waals surface area contributed by atoms with E-state index in [2.05, 4.69) is 18.8 Å². The molecule has 4 heteroatoms. The number of ether oxygens (including phenoxy) is 1. The van der Waals surface area contributed by atoms with Crippen LogP contribution in [0.5, 0.6) is 11.5 Å². The molecule has 0 aliphatic heterocycles. The summed E-state index contributed by atoms with van der Waals surface area (Å²) in [7, 11) is 0. The summed E-state index contributed by atoms with van der Waals surface area (Å²) in [5.41, 5.74) is 3.60. The van der Waals surface area contributed by atoms with Crippen LogP contribution in [-0.4, -0.2) is 10.1 Å². The normalized spacial score (nSPS) is 9.89. The second-order valence-corrected chi connectivity index (χ2v) is 6.67. The standard InChI is InChI=1S/C20H21NO3.C3H8.CH4/c1-13-9-16(10-14(2)20(13)22)11-19-21-18(15(3)24-19)12-23-17-7-5-4-6-8-17;1-3-2;/h4-10,22H,11-12H2,1-3H3;3H2,1-2H3;1H4. The van der Waals surface area contributed by atoms with Gasteiger partial charge in [0.2, 0.25) is 0 Å². The third-order valence-corrected chi connectivity index (χ3v) is 3.96. The van der Waals surface area contributed by atoms with Gasteiger partial charge in [-0.05, 0) is 49.6 Å². The molecule has 1 heterocycles. The molecular formula is C24H33NO3. The Kier molecular flexibility index (Phi) is 9.29. The molecule has 4 nitrogen and oxygen atoms in total. The van der Waals surface area contributed by atoms with Gasteiger partial charge in [0.15, 0.2) is 5.89 Å². The Balaban J connectivity index is 0.000000921. The summed E-state index contributed by atoms with van der Waals surface area (Å²) in [6.07, 6.45) is 1.84. The Bertz CT molecular complexity index is 831. The minimum absolute atomic E-state index is 0. The third kappa shape index (κ3) is 6.45. The van der Waals surface area contributed by atoms with Gasteiger partial charge >= 0.3 is 0 Å². The van der Waals surface area contributed by atoms with Crippen LogP contribution < -0.4 is 4.74 Å². The summed E-state index contributed by atoms with van der Waals surface area (Å²) in [6, 6.07) is 13.6. The topological polar surface area (TPSA) is 55.5 Å². The van der Waals surface area contributed by atoms with Gasteiger partial charge in [0, 0.05) is 6.42 Å². The van der Waals surface area contributed by atoms with Crippen molar-refractivity contribution in [1.29, 1.82) is 0 Å². The fourth-order valence-corrected chi connectivity index (χ4v) is 2.69. The Labute approximate surface area is 169 Å². The lowest BCUT2D eigenvalue weighted by Gasteiger charge is -2.06. The van der Waals surface area contributed by atoms with Crippen molar-refractivity contribution in [3.05, 3.63) is 76.5 Å². The zero-order valence-electron chi connectivity index (χ0n) is 16.9. The highest BCUT2D eigenvalue weighted by molar-refractivity contribution is 5.42. The molecule has 0 radical (unpaired) electrons. The van der Waals surface area contributed by atoms with E-state index in [9.17, 15) is 5.11 Å². The molecule has 3 aromatic rings. The van der Waals surface area contributed by atoms with Crippen molar-refractivity contribution in [2.45, 2.75) is 61.5 Å². The van der Waals surface area contributed by atoms with Gasteiger partial charge in [-0.2, -0.15) is 0 Å². The molecule has 0 saturated heterocycles. The lowest BCUT2D eigenvalue weighted by Crippen LogP contribution is -1.98. The van der Waals surface area contributed by atoms with Gasteiger partial charge in [-0.3, -0.25) is 0 Å². The minimum atomic E-state index is 0. The number of phenols is 1. The SMILES string of the molecule is C.CCC.Cc1cc(Cc2nc(COc3ccccc3)c(C)o2)cc(C)c1O. The van der Waals surface area contributed by atoms with E-state index in [0.29, 0.717) is 24.7 Å². The molecule has 0 saturated carbocycles. The first-order valence-electron chi connectivity index (χ1n) is 9.36. The molecule has 0 atom stereocenters. The van der Waals surface area contributed by atoms with E-state index in [-0.39, 0.29) is 7.43 Å². The van der Waals surface area contributed by atoms with Crippen molar-refractivity contribution in [2.75, 3.05) is 0 Å². The number of para-hydroxylation sites is 1. The average molecular weight is 384 g/mol. The Morgan fingerprint density at radius 1 is 1.00 bits per heavy atom. The first-order valence-corrected chi connectivity index (χ1v) is 9.36. The summed E-state index contributed by atoms with van der Waals surface area (Å²) in [5.74, 6) is 2.59. The molecule has 152 valence electrons. The number of benzene rings is 2. The highest BCUT2D eigenvalue weighted by Gasteiger charge is 2.12. The number of aromatic hydroxyl groups is 1. The Hall–Kier alpha value is -2.75. The summed E-state index contributed by atoms with van der Waals surface area (Å²) in [4.78, 5) is 4.55. The maximum Gasteiger partial charge on any atom is 0.199 e. The van der Waals surface area contributed by atoms with Crippen LogP contribution >= 0.6 is 0 Å². The number of aromatic nitrogens is 1. The zero-order chi connectivity index (χ0) is 19.8. The van der Waals surface area contributed by atoms with Gasteiger partial charge in [0.05, 0.1) is 0 Å². The van der Waals surface area contributed by atoms with E-state index < -0.39 is 0 Å².